The lowest BCUT2D eigenvalue weighted by Crippen LogP contribution is -2.39. The van der Waals surface area contributed by atoms with Crippen molar-refractivity contribution in [3.8, 4) is 0 Å². The van der Waals surface area contributed by atoms with Gasteiger partial charge >= 0.3 is 11.9 Å². The van der Waals surface area contributed by atoms with Gasteiger partial charge in [-0.3, -0.25) is 4.79 Å². The van der Waals surface area contributed by atoms with Gasteiger partial charge in [-0.25, -0.2) is 4.79 Å². The van der Waals surface area contributed by atoms with Crippen molar-refractivity contribution >= 4 is 11.9 Å². The van der Waals surface area contributed by atoms with Crippen molar-refractivity contribution in [2.75, 3.05) is 6.61 Å². The third-order valence-corrected chi connectivity index (χ3v) is 5.38. The zero-order valence-electron chi connectivity index (χ0n) is 11.6. The summed E-state index contributed by atoms with van der Waals surface area (Å²) < 4.78 is 10.2. The highest BCUT2D eigenvalue weighted by Gasteiger charge is 2.62. The minimum Gasteiger partial charge on any atom is -0.459 e. The molecule has 0 heterocycles. The van der Waals surface area contributed by atoms with E-state index in [-0.39, 0.29) is 23.5 Å². The van der Waals surface area contributed by atoms with Crippen LogP contribution in [0.4, 0.5) is 0 Å². The fourth-order valence-corrected chi connectivity index (χ4v) is 3.66. The predicted octanol–water partition coefficient (Wildman–Crippen LogP) is 2.31. The molecule has 2 saturated carbocycles. The third-order valence-electron chi connectivity index (χ3n) is 5.38. The van der Waals surface area contributed by atoms with Crippen LogP contribution in [-0.2, 0) is 19.1 Å². The summed E-state index contributed by atoms with van der Waals surface area (Å²) in [5, 5.41) is 0. The summed E-state index contributed by atoms with van der Waals surface area (Å²) in [5.41, 5.74) is 0.281. The number of carbonyl (C=O) groups is 2. The van der Waals surface area contributed by atoms with Crippen molar-refractivity contribution in [3.05, 3.63) is 0 Å². The molecule has 0 saturated heterocycles. The van der Waals surface area contributed by atoms with Crippen LogP contribution < -0.4 is 0 Å². The van der Waals surface area contributed by atoms with E-state index >= 15 is 0 Å². The molecule has 2 rings (SSSR count). The van der Waals surface area contributed by atoms with Crippen molar-refractivity contribution < 1.29 is 19.1 Å². The molecule has 3 atom stereocenters. The summed E-state index contributed by atoms with van der Waals surface area (Å²) in [6, 6.07) is 0. The number of hydrogen-bond acceptors (Lipinski definition) is 4. The van der Waals surface area contributed by atoms with Gasteiger partial charge in [0.1, 0.15) is 6.10 Å². The van der Waals surface area contributed by atoms with E-state index in [0.29, 0.717) is 5.92 Å². The maximum Gasteiger partial charge on any atom is 0.344 e. The maximum absolute atomic E-state index is 11.6. The van der Waals surface area contributed by atoms with E-state index in [2.05, 4.69) is 25.5 Å². The number of fused-ring (bicyclic) bond motifs is 2. The first-order chi connectivity index (χ1) is 8.27. The monoisotopic (exact) mass is 254 g/mol. The summed E-state index contributed by atoms with van der Waals surface area (Å²) in [6.07, 6.45) is 3.24. The van der Waals surface area contributed by atoms with Gasteiger partial charge in [-0.05, 0) is 30.6 Å². The molecule has 0 N–H and O–H groups in total. The van der Waals surface area contributed by atoms with E-state index in [9.17, 15) is 9.59 Å². The molecular weight excluding hydrogens is 232 g/mol. The molecule has 2 aliphatic rings. The predicted molar refractivity (Wildman–Crippen MR) is 65.7 cm³/mol. The van der Waals surface area contributed by atoms with Gasteiger partial charge in [-0.15, -0.1) is 0 Å². The first-order valence-corrected chi connectivity index (χ1v) is 6.60. The minimum atomic E-state index is -0.452. The van der Waals surface area contributed by atoms with Crippen LogP contribution in [0.1, 0.15) is 47.0 Å². The van der Waals surface area contributed by atoms with Gasteiger partial charge in [0.25, 0.3) is 0 Å². The molecular formula is C14H22O4. The van der Waals surface area contributed by atoms with Crippen LogP contribution in [0.2, 0.25) is 0 Å². The number of rotatable bonds is 3. The van der Waals surface area contributed by atoms with Crippen molar-refractivity contribution in [2.45, 2.75) is 53.1 Å². The highest BCUT2D eigenvalue weighted by molar-refractivity contribution is 5.75. The second-order valence-electron chi connectivity index (χ2n) is 6.37. The van der Waals surface area contributed by atoms with Crippen molar-refractivity contribution in [1.82, 2.24) is 0 Å². The summed E-state index contributed by atoms with van der Waals surface area (Å²) in [4.78, 5) is 22.3. The maximum atomic E-state index is 11.6. The second-order valence-corrected chi connectivity index (χ2v) is 6.37. The Labute approximate surface area is 108 Å². The molecule has 0 spiro atoms. The molecule has 0 aromatic heterocycles. The largest absolute Gasteiger partial charge is 0.459 e. The Morgan fingerprint density at radius 2 is 1.94 bits per heavy atom. The quantitative estimate of drug-likeness (QED) is 0.725. The van der Waals surface area contributed by atoms with Gasteiger partial charge in [-0.2, -0.15) is 0 Å². The zero-order chi connectivity index (χ0) is 13.6. The fraction of sp³-hybridized carbons (Fsp3) is 0.857. The highest BCUT2D eigenvalue weighted by Crippen LogP contribution is 2.66. The average molecular weight is 254 g/mol. The van der Waals surface area contributed by atoms with Crippen LogP contribution >= 0.6 is 0 Å². The third kappa shape index (κ3) is 1.91. The van der Waals surface area contributed by atoms with E-state index in [1.54, 1.807) is 0 Å². The normalized spacial score (nSPS) is 36.4. The molecule has 0 amide bonds. The number of ether oxygens (including phenoxy) is 2. The summed E-state index contributed by atoms with van der Waals surface area (Å²) in [5.74, 6) is -0.250. The number of esters is 2. The average Bonchev–Trinajstić information content (AvgIpc) is 2.59. The van der Waals surface area contributed by atoms with Gasteiger partial charge < -0.3 is 9.47 Å². The SMILES string of the molecule is CC(=O)OCC(=O)O[C@H]1C[C@H]2CC[C@@]1(C)C2(C)C. The van der Waals surface area contributed by atoms with E-state index in [4.69, 9.17) is 4.74 Å². The summed E-state index contributed by atoms with van der Waals surface area (Å²) in [7, 11) is 0. The standard InChI is InChI=1S/C14H22O4/c1-9(15)17-8-12(16)18-11-7-10-5-6-14(11,4)13(10,2)3/h10-11H,5-8H2,1-4H3/t10-,11+,14-/m1/s1. The molecule has 0 unspecified atom stereocenters. The highest BCUT2D eigenvalue weighted by atomic mass is 16.6. The first kappa shape index (κ1) is 13.4. The molecule has 2 aliphatic carbocycles. The van der Waals surface area contributed by atoms with E-state index in [1.165, 1.54) is 13.3 Å². The van der Waals surface area contributed by atoms with Gasteiger partial charge in [0.05, 0.1) is 0 Å². The van der Waals surface area contributed by atoms with E-state index in [1.807, 2.05) is 0 Å². The van der Waals surface area contributed by atoms with Crippen LogP contribution in [0.3, 0.4) is 0 Å². The second kappa shape index (κ2) is 4.25. The van der Waals surface area contributed by atoms with Crippen LogP contribution in [-0.4, -0.2) is 24.6 Å². The molecule has 18 heavy (non-hydrogen) atoms. The van der Waals surface area contributed by atoms with E-state index < -0.39 is 11.9 Å². The Kier molecular flexibility index (Phi) is 3.16. The summed E-state index contributed by atoms with van der Waals surface area (Å²) >= 11 is 0. The molecule has 4 heteroatoms. The van der Waals surface area contributed by atoms with Crippen LogP contribution in [0.5, 0.6) is 0 Å². The molecule has 0 aromatic rings. The molecule has 0 aromatic carbocycles. The first-order valence-electron chi connectivity index (χ1n) is 6.60. The van der Waals surface area contributed by atoms with Crippen molar-refractivity contribution in [2.24, 2.45) is 16.7 Å². The Hall–Kier alpha value is -1.06. The van der Waals surface area contributed by atoms with Gasteiger partial charge in [-0.1, -0.05) is 20.8 Å². The molecule has 2 fully saturated rings. The molecule has 2 bridgehead atoms. The smallest absolute Gasteiger partial charge is 0.344 e. The lowest BCUT2D eigenvalue weighted by molar-refractivity contribution is -0.167. The van der Waals surface area contributed by atoms with Crippen molar-refractivity contribution in [3.63, 3.8) is 0 Å². The Morgan fingerprint density at radius 1 is 1.28 bits per heavy atom. The molecule has 0 aliphatic heterocycles. The minimum absolute atomic E-state index is 0.0330. The molecule has 4 nitrogen and oxygen atoms in total. The fourth-order valence-electron chi connectivity index (χ4n) is 3.66. The molecule has 0 radical (unpaired) electrons. The number of hydrogen-bond donors (Lipinski definition) is 0. The van der Waals surface area contributed by atoms with Gasteiger partial charge in [0, 0.05) is 12.3 Å². The lowest BCUT2D eigenvalue weighted by atomic mass is 9.70. The Bertz CT molecular complexity index is 374. The lowest BCUT2D eigenvalue weighted by Gasteiger charge is -2.38. The van der Waals surface area contributed by atoms with Gasteiger partial charge in [0.15, 0.2) is 6.61 Å². The Balaban J connectivity index is 1.96. The van der Waals surface area contributed by atoms with Crippen LogP contribution in [0.15, 0.2) is 0 Å². The summed E-state index contributed by atoms with van der Waals surface area (Å²) in [6.45, 7) is 7.77. The van der Waals surface area contributed by atoms with Crippen molar-refractivity contribution in [1.29, 1.82) is 0 Å². The zero-order valence-corrected chi connectivity index (χ0v) is 11.6. The van der Waals surface area contributed by atoms with Gasteiger partial charge in [0.2, 0.25) is 0 Å². The number of carbonyl (C=O) groups excluding carboxylic acids is 2. The van der Waals surface area contributed by atoms with Crippen LogP contribution in [0, 0.1) is 16.7 Å². The van der Waals surface area contributed by atoms with E-state index in [0.717, 1.165) is 12.8 Å². The topological polar surface area (TPSA) is 52.6 Å². The van der Waals surface area contributed by atoms with Crippen LogP contribution in [0.25, 0.3) is 0 Å². The molecule has 102 valence electrons. The Morgan fingerprint density at radius 3 is 2.39 bits per heavy atom.